The van der Waals surface area contributed by atoms with Crippen LogP contribution < -0.4 is 5.32 Å². The van der Waals surface area contributed by atoms with Gasteiger partial charge in [-0.25, -0.2) is 0 Å². The van der Waals surface area contributed by atoms with Crippen molar-refractivity contribution >= 4 is 22.6 Å². The average Bonchev–Trinajstić information content (AvgIpc) is 2.95. The van der Waals surface area contributed by atoms with Crippen LogP contribution in [0, 0.1) is 5.92 Å². The van der Waals surface area contributed by atoms with Crippen LogP contribution in [0.4, 0.5) is 0 Å². The molecule has 1 heterocycles. The Hall–Kier alpha value is -2.40. The zero-order valence-corrected chi connectivity index (χ0v) is 11.3. The van der Waals surface area contributed by atoms with Crippen LogP contribution in [0.5, 0.6) is 0 Å². The molecule has 0 bridgehead atoms. The summed E-state index contributed by atoms with van der Waals surface area (Å²) in [6.07, 6.45) is 0. The average molecular weight is 285 g/mol. The summed E-state index contributed by atoms with van der Waals surface area (Å²) in [6.45, 7) is 0.369. The van der Waals surface area contributed by atoms with Crippen LogP contribution in [0.25, 0.3) is 10.8 Å². The number of hydrogen-bond acceptors (Lipinski definition) is 3. The van der Waals surface area contributed by atoms with E-state index in [9.17, 15) is 9.59 Å². The van der Waals surface area contributed by atoms with Crippen molar-refractivity contribution in [3.05, 3.63) is 48.0 Å². The standard InChI is InChI=1S/C16H15NO4/c18-15(17-14-9-21-8-13(14)16(19)20)12-6-5-10-3-1-2-4-11(10)7-12/h1-7,13-14H,8-9H2,(H,17,18)(H,19,20). The molecule has 2 atom stereocenters. The first kappa shape index (κ1) is 13.6. The summed E-state index contributed by atoms with van der Waals surface area (Å²) in [7, 11) is 0. The summed E-state index contributed by atoms with van der Waals surface area (Å²) in [5.74, 6) is -1.91. The van der Waals surface area contributed by atoms with Gasteiger partial charge in [0.15, 0.2) is 0 Å². The lowest BCUT2D eigenvalue weighted by Crippen LogP contribution is -2.42. The SMILES string of the molecule is O=C(NC1COCC1C(=O)O)c1ccc2ccccc2c1. The molecule has 0 aliphatic carbocycles. The van der Waals surface area contributed by atoms with Crippen molar-refractivity contribution in [3.63, 3.8) is 0 Å². The molecule has 5 heteroatoms. The molecule has 2 aromatic rings. The molecule has 21 heavy (non-hydrogen) atoms. The molecule has 0 radical (unpaired) electrons. The van der Waals surface area contributed by atoms with Gasteiger partial charge in [0.05, 0.1) is 19.3 Å². The van der Waals surface area contributed by atoms with E-state index in [1.54, 1.807) is 12.1 Å². The van der Waals surface area contributed by atoms with Gasteiger partial charge < -0.3 is 15.2 Å². The maximum Gasteiger partial charge on any atom is 0.311 e. The van der Waals surface area contributed by atoms with E-state index >= 15 is 0 Å². The molecule has 5 nitrogen and oxygen atoms in total. The van der Waals surface area contributed by atoms with E-state index in [4.69, 9.17) is 9.84 Å². The van der Waals surface area contributed by atoms with Crippen LogP contribution in [0.1, 0.15) is 10.4 Å². The van der Waals surface area contributed by atoms with Crippen LogP contribution in [-0.4, -0.2) is 36.2 Å². The van der Waals surface area contributed by atoms with Crippen LogP contribution in [0.15, 0.2) is 42.5 Å². The molecule has 1 amide bonds. The van der Waals surface area contributed by atoms with Gasteiger partial charge in [-0.05, 0) is 22.9 Å². The first-order chi connectivity index (χ1) is 10.1. The normalized spacial score (nSPS) is 21.3. The number of nitrogens with one attached hydrogen (secondary N) is 1. The molecule has 1 aliphatic rings. The maximum atomic E-state index is 12.3. The molecule has 1 saturated heterocycles. The third-order valence-corrected chi connectivity index (χ3v) is 3.73. The number of carboxylic acid groups (broad SMARTS) is 1. The smallest absolute Gasteiger partial charge is 0.311 e. The van der Waals surface area contributed by atoms with Crippen molar-refractivity contribution in [2.75, 3.05) is 13.2 Å². The lowest BCUT2D eigenvalue weighted by atomic mass is 10.0. The lowest BCUT2D eigenvalue weighted by molar-refractivity contribution is -0.142. The van der Waals surface area contributed by atoms with E-state index < -0.39 is 17.9 Å². The highest BCUT2D eigenvalue weighted by molar-refractivity contribution is 5.98. The largest absolute Gasteiger partial charge is 0.481 e. The van der Waals surface area contributed by atoms with Crippen LogP contribution >= 0.6 is 0 Å². The number of ether oxygens (including phenoxy) is 1. The maximum absolute atomic E-state index is 12.3. The van der Waals surface area contributed by atoms with E-state index in [1.807, 2.05) is 30.3 Å². The van der Waals surface area contributed by atoms with Crippen molar-refractivity contribution in [1.82, 2.24) is 5.32 Å². The molecule has 2 aromatic carbocycles. The molecular formula is C16H15NO4. The van der Waals surface area contributed by atoms with E-state index in [1.165, 1.54) is 0 Å². The number of aliphatic carboxylic acids is 1. The molecular weight excluding hydrogens is 270 g/mol. The summed E-state index contributed by atoms with van der Waals surface area (Å²) in [5, 5.41) is 13.9. The number of benzene rings is 2. The van der Waals surface area contributed by atoms with Gasteiger partial charge >= 0.3 is 5.97 Å². The van der Waals surface area contributed by atoms with Gasteiger partial charge in [-0.15, -0.1) is 0 Å². The van der Waals surface area contributed by atoms with E-state index in [0.717, 1.165) is 10.8 Å². The third kappa shape index (κ3) is 2.73. The number of rotatable bonds is 3. The van der Waals surface area contributed by atoms with Gasteiger partial charge in [-0.1, -0.05) is 30.3 Å². The number of amides is 1. The Labute approximate surface area is 121 Å². The van der Waals surface area contributed by atoms with Crippen molar-refractivity contribution in [2.45, 2.75) is 6.04 Å². The summed E-state index contributed by atoms with van der Waals surface area (Å²) in [6, 6.07) is 12.7. The molecule has 0 aromatic heterocycles. The number of carbonyl (C=O) groups is 2. The van der Waals surface area contributed by atoms with Gasteiger partial charge in [-0.2, -0.15) is 0 Å². The topological polar surface area (TPSA) is 75.6 Å². The van der Waals surface area contributed by atoms with Crippen LogP contribution in [0.2, 0.25) is 0 Å². The fraction of sp³-hybridized carbons (Fsp3) is 0.250. The quantitative estimate of drug-likeness (QED) is 0.899. The Bertz CT molecular complexity index is 697. The summed E-state index contributed by atoms with van der Waals surface area (Å²) in [4.78, 5) is 23.3. The van der Waals surface area contributed by atoms with Gasteiger partial charge in [0.1, 0.15) is 5.92 Å². The number of carbonyl (C=O) groups excluding carboxylic acids is 1. The summed E-state index contributed by atoms with van der Waals surface area (Å²) < 4.78 is 5.14. The predicted octanol–water partition coefficient (Wildman–Crippen LogP) is 1.67. The van der Waals surface area contributed by atoms with Crippen molar-refractivity contribution in [2.24, 2.45) is 5.92 Å². The molecule has 2 N–H and O–H groups in total. The Morgan fingerprint density at radius 2 is 1.86 bits per heavy atom. The predicted molar refractivity (Wildman–Crippen MR) is 77.1 cm³/mol. The fourth-order valence-electron chi connectivity index (χ4n) is 2.52. The minimum absolute atomic E-state index is 0.137. The number of fused-ring (bicyclic) bond motifs is 1. The Balaban J connectivity index is 1.79. The van der Waals surface area contributed by atoms with Gasteiger partial charge in [0.2, 0.25) is 0 Å². The second kappa shape index (κ2) is 5.54. The van der Waals surface area contributed by atoms with E-state index in [2.05, 4.69) is 5.32 Å². The van der Waals surface area contributed by atoms with Gasteiger partial charge in [0, 0.05) is 5.56 Å². The molecule has 108 valence electrons. The zero-order valence-electron chi connectivity index (χ0n) is 11.3. The number of hydrogen-bond donors (Lipinski definition) is 2. The summed E-state index contributed by atoms with van der Waals surface area (Å²) in [5.41, 5.74) is 0.518. The molecule has 0 saturated carbocycles. The molecule has 3 rings (SSSR count). The van der Waals surface area contributed by atoms with Gasteiger partial charge in [0.25, 0.3) is 5.91 Å². The van der Waals surface area contributed by atoms with Crippen LogP contribution in [-0.2, 0) is 9.53 Å². The second-order valence-electron chi connectivity index (χ2n) is 5.12. The highest BCUT2D eigenvalue weighted by atomic mass is 16.5. The van der Waals surface area contributed by atoms with E-state index in [-0.39, 0.29) is 19.1 Å². The summed E-state index contributed by atoms with van der Waals surface area (Å²) >= 11 is 0. The van der Waals surface area contributed by atoms with Crippen molar-refractivity contribution < 1.29 is 19.4 Å². The molecule has 2 unspecified atom stereocenters. The second-order valence-corrected chi connectivity index (χ2v) is 5.12. The van der Waals surface area contributed by atoms with Crippen LogP contribution in [0.3, 0.4) is 0 Å². The zero-order chi connectivity index (χ0) is 14.8. The Kier molecular flexibility index (Phi) is 3.58. The minimum Gasteiger partial charge on any atom is -0.481 e. The number of carboxylic acids is 1. The first-order valence-corrected chi connectivity index (χ1v) is 6.75. The Morgan fingerprint density at radius 1 is 1.10 bits per heavy atom. The van der Waals surface area contributed by atoms with Gasteiger partial charge in [-0.3, -0.25) is 9.59 Å². The fourth-order valence-corrected chi connectivity index (χ4v) is 2.52. The first-order valence-electron chi connectivity index (χ1n) is 6.75. The molecule has 1 aliphatic heterocycles. The van der Waals surface area contributed by atoms with Crippen molar-refractivity contribution in [3.8, 4) is 0 Å². The lowest BCUT2D eigenvalue weighted by Gasteiger charge is -2.15. The highest BCUT2D eigenvalue weighted by Gasteiger charge is 2.35. The highest BCUT2D eigenvalue weighted by Crippen LogP contribution is 2.18. The minimum atomic E-state index is -0.948. The van der Waals surface area contributed by atoms with E-state index in [0.29, 0.717) is 5.56 Å². The van der Waals surface area contributed by atoms with Crippen molar-refractivity contribution in [1.29, 1.82) is 0 Å². The monoisotopic (exact) mass is 285 g/mol. The molecule has 1 fully saturated rings. The Morgan fingerprint density at radius 3 is 2.62 bits per heavy atom. The third-order valence-electron chi connectivity index (χ3n) is 3.73. The molecule has 0 spiro atoms.